The van der Waals surface area contributed by atoms with E-state index in [0.29, 0.717) is 10.7 Å². The number of halogens is 3. The largest absolute Gasteiger partial charge is 0.377 e. The van der Waals surface area contributed by atoms with Crippen molar-refractivity contribution in [2.24, 2.45) is 0 Å². The minimum absolute atomic E-state index is 0.00967. The molecule has 0 saturated heterocycles. The van der Waals surface area contributed by atoms with Gasteiger partial charge in [0, 0.05) is 5.56 Å². The van der Waals surface area contributed by atoms with E-state index < -0.39 is 12.5 Å². The molecular formula is C14H12ClF2N. The molecule has 4 heteroatoms. The molecule has 94 valence electrons. The maximum Gasteiger partial charge on any atom is 0.290 e. The van der Waals surface area contributed by atoms with Gasteiger partial charge in [0.05, 0.1) is 17.3 Å². The zero-order valence-corrected chi connectivity index (χ0v) is 10.3. The molecule has 0 aliphatic rings. The third-order valence-electron chi connectivity index (χ3n) is 2.57. The highest BCUT2D eigenvalue weighted by atomic mass is 35.5. The molecule has 0 aromatic heterocycles. The van der Waals surface area contributed by atoms with Crippen molar-refractivity contribution >= 4 is 17.3 Å². The lowest BCUT2D eigenvalue weighted by atomic mass is 10.1. The number of benzene rings is 2. The number of hydrogen-bond donors (Lipinski definition) is 1. The predicted octanol–water partition coefficient (Wildman–Crippen LogP) is 4.54. The summed E-state index contributed by atoms with van der Waals surface area (Å²) in [6, 6.07) is 14.5. The van der Waals surface area contributed by atoms with Crippen molar-refractivity contribution in [1.29, 1.82) is 0 Å². The minimum atomic E-state index is -2.93. The highest BCUT2D eigenvalue weighted by Crippen LogP contribution is 2.29. The van der Waals surface area contributed by atoms with E-state index >= 15 is 0 Å². The van der Waals surface area contributed by atoms with E-state index in [9.17, 15) is 8.78 Å². The van der Waals surface area contributed by atoms with E-state index in [1.807, 2.05) is 0 Å². The van der Waals surface area contributed by atoms with E-state index in [2.05, 4.69) is 5.32 Å². The molecule has 2 rings (SSSR count). The first kappa shape index (κ1) is 12.8. The summed E-state index contributed by atoms with van der Waals surface area (Å²) in [5, 5.41) is 3.10. The van der Waals surface area contributed by atoms with Crippen LogP contribution in [0.15, 0.2) is 54.6 Å². The second-order valence-electron chi connectivity index (χ2n) is 3.90. The number of para-hydroxylation sites is 1. The summed E-state index contributed by atoms with van der Waals surface area (Å²) >= 11 is 5.89. The van der Waals surface area contributed by atoms with Crippen LogP contribution in [0.5, 0.6) is 0 Å². The van der Waals surface area contributed by atoms with E-state index in [4.69, 9.17) is 11.6 Å². The van der Waals surface area contributed by atoms with Gasteiger partial charge in [-0.05, 0) is 12.1 Å². The predicted molar refractivity (Wildman–Crippen MR) is 70.3 cm³/mol. The standard InChI is InChI=1S/C14H12ClF2N/c15-12-8-4-5-9-13(12)18-10-14(16,17)11-6-2-1-3-7-11/h1-9,18H,10H2. The zero-order valence-electron chi connectivity index (χ0n) is 9.54. The van der Waals surface area contributed by atoms with Gasteiger partial charge in [-0.1, -0.05) is 54.1 Å². The summed E-state index contributed by atoms with van der Waals surface area (Å²) in [6.45, 7) is -0.485. The molecule has 0 aliphatic heterocycles. The van der Waals surface area contributed by atoms with Gasteiger partial charge >= 0.3 is 0 Å². The van der Waals surface area contributed by atoms with Gasteiger partial charge < -0.3 is 5.32 Å². The number of anilines is 1. The van der Waals surface area contributed by atoms with Crippen molar-refractivity contribution < 1.29 is 8.78 Å². The summed E-state index contributed by atoms with van der Waals surface area (Å²) in [6.07, 6.45) is 0. The van der Waals surface area contributed by atoms with Crippen LogP contribution in [0.4, 0.5) is 14.5 Å². The maximum absolute atomic E-state index is 13.9. The zero-order chi connectivity index (χ0) is 13.0. The van der Waals surface area contributed by atoms with Crippen LogP contribution >= 0.6 is 11.6 Å². The molecule has 0 fully saturated rings. The molecule has 0 heterocycles. The smallest absolute Gasteiger partial charge is 0.290 e. The van der Waals surface area contributed by atoms with Gasteiger partial charge in [0.2, 0.25) is 0 Å². The SMILES string of the molecule is FC(F)(CNc1ccccc1Cl)c1ccccc1. The Balaban J connectivity index is 2.08. The Bertz CT molecular complexity index is 514. The molecule has 0 aliphatic carbocycles. The van der Waals surface area contributed by atoms with Gasteiger partial charge in [-0.25, -0.2) is 0 Å². The highest BCUT2D eigenvalue weighted by Gasteiger charge is 2.30. The van der Waals surface area contributed by atoms with Gasteiger partial charge in [-0.15, -0.1) is 0 Å². The average Bonchev–Trinajstić information content (AvgIpc) is 2.39. The van der Waals surface area contributed by atoms with Crippen LogP contribution in [0.25, 0.3) is 0 Å². The fraction of sp³-hybridized carbons (Fsp3) is 0.143. The number of rotatable bonds is 4. The summed E-state index contributed by atoms with van der Waals surface area (Å²) in [7, 11) is 0. The maximum atomic E-state index is 13.9. The minimum Gasteiger partial charge on any atom is -0.377 e. The molecule has 0 atom stereocenters. The molecule has 18 heavy (non-hydrogen) atoms. The van der Waals surface area contributed by atoms with Gasteiger partial charge in [0.25, 0.3) is 5.92 Å². The normalized spacial score (nSPS) is 11.3. The fourth-order valence-electron chi connectivity index (χ4n) is 1.59. The molecular weight excluding hydrogens is 256 g/mol. The summed E-state index contributed by atoms with van der Waals surface area (Å²) in [4.78, 5) is 0. The Hall–Kier alpha value is -1.61. The first-order valence-electron chi connectivity index (χ1n) is 5.51. The fourth-order valence-corrected chi connectivity index (χ4v) is 1.80. The summed E-state index contributed by atoms with van der Waals surface area (Å²) < 4.78 is 27.7. The average molecular weight is 268 g/mol. The number of alkyl halides is 2. The molecule has 2 aromatic rings. The van der Waals surface area contributed by atoms with Crippen LogP contribution in [0, 0.1) is 0 Å². The molecule has 1 N–H and O–H groups in total. The first-order valence-corrected chi connectivity index (χ1v) is 5.89. The molecule has 2 aromatic carbocycles. The Kier molecular flexibility index (Phi) is 3.82. The van der Waals surface area contributed by atoms with Crippen LogP contribution in [0.3, 0.4) is 0 Å². The quantitative estimate of drug-likeness (QED) is 0.857. The Morgan fingerprint density at radius 2 is 1.56 bits per heavy atom. The Morgan fingerprint density at radius 3 is 2.22 bits per heavy atom. The Morgan fingerprint density at radius 1 is 0.944 bits per heavy atom. The van der Waals surface area contributed by atoms with Crippen molar-refractivity contribution in [1.82, 2.24) is 0 Å². The van der Waals surface area contributed by atoms with Crippen molar-refractivity contribution in [3.05, 3.63) is 65.2 Å². The van der Waals surface area contributed by atoms with E-state index in [1.165, 1.54) is 12.1 Å². The van der Waals surface area contributed by atoms with Crippen LogP contribution in [0.1, 0.15) is 5.56 Å². The molecule has 0 bridgehead atoms. The number of nitrogens with one attached hydrogen (secondary N) is 1. The number of hydrogen-bond acceptors (Lipinski definition) is 1. The lowest BCUT2D eigenvalue weighted by Crippen LogP contribution is -2.24. The lowest BCUT2D eigenvalue weighted by Gasteiger charge is -2.18. The van der Waals surface area contributed by atoms with Gasteiger partial charge in [-0.2, -0.15) is 8.78 Å². The lowest BCUT2D eigenvalue weighted by molar-refractivity contribution is 0.0106. The topological polar surface area (TPSA) is 12.0 Å². The van der Waals surface area contributed by atoms with Crippen molar-refractivity contribution in [3.63, 3.8) is 0 Å². The van der Waals surface area contributed by atoms with Crippen LogP contribution in [-0.4, -0.2) is 6.54 Å². The molecule has 1 nitrogen and oxygen atoms in total. The third kappa shape index (κ3) is 2.99. The second kappa shape index (κ2) is 5.36. The van der Waals surface area contributed by atoms with Gasteiger partial charge in [-0.3, -0.25) is 0 Å². The second-order valence-corrected chi connectivity index (χ2v) is 4.31. The molecule has 0 saturated carbocycles. The van der Waals surface area contributed by atoms with E-state index in [1.54, 1.807) is 42.5 Å². The van der Waals surface area contributed by atoms with E-state index in [0.717, 1.165) is 0 Å². The molecule has 0 unspecified atom stereocenters. The first-order chi connectivity index (χ1) is 8.59. The van der Waals surface area contributed by atoms with Gasteiger partial charge in [0.1, 0.15) is 0 Å². The summed E-state index contributed by atoms with van der Waals surface area (Å²) in [5.41, 5.74) is 0.499. The van der Waals surface area contributed by atoms with E-state index in [-0.39, 0.29) is 5.56 Å². The van der Waals surface area contributed by atoms with Crippen LogP contribution < -0.4 is 5.32 Å². The highest BCUT2D eigenvalue weighted by molar-refractivity contribution is 6.33. The molecule has 0 radical (unpaired) electrons. The molecule has 0 spiro atoms. The van der Waals surface area contributed by atoms with Crippen molar-refractivity contribution in [2.45, 2.75) is 5.92 Å². The monoisotopic (exact) mass is 267 g/mol. The van der Waals surface area contributed by atoms with Crippen LogP contribution in [-0.2, 0) is 5.92 Å². The summed E-state index contributed by atoms with van der Waals surface area (Å²) in [5.74, 6) is -2.93. The van der Waals surface area contributed by atoms with Crippen molar-refractivity contribution in [2.75, 3.05) is 11.9 Å². The van der Waals surface area contributed by atoms with Crippen LogP contribution in [0.2, 0.25) is 5.02 Å². The third-order valence-corrected chi connectivity index (χ3v) is 2.90. The Labute approximate surface area is 109 Å². The molecule has 0 amide bonds. The van der Waals surface area contributed by atoms with Gasteiger partial charge in [0.15, 0.2) is 0 Å². The van der Waals surface area contributed by atoms with Crippen molar-refractivity contribution in [3.8, 4) is 0 Å².